The fraction of sp³-hybridized carbons (Fsp3) is 0.143. The molecule has 5 heteroatoms. The van der Waals surface area contributed by atoms with Gasteiger partial charge in [-0.05, 0) is 59.5 Å². The summed E-state index contributed by atoms with van der Waals surface area (Å²) in [6.07, 6.45) is 5.22. The lowest BCUT2D eigenvalue weighted by Gasteiger charge is -2.18. The molecule has 0 radical (unpaired) electrons. The molecule has 3 aromatic rings. The Morgan fingerprint density at radius 1 is 1.00 bits per heavy atom. The summed E-state index contributed by atoms with van der Waals surface area (Å²) >= 11 is 0. The van der Waals surface area contributed by atoms with Crippen LogP contribution in [0.4, 0.5) is 4.39 Å². The van der Waals surface area contributed by atoms with Gasteiger partial charge in [-0.15, -0.1) is 0 Å². The first kappa shape index (κ1) is 22.2. The number of benzene rings is 3. The molecule has 0 saturated carbocycles. The van der Waals surface area contributed by atoms with E-state index in [0.717, 1.165) is 22.8 Å². The Morgan fingerprint density at radius 2 is 1.70 bits per heavy atom. The number of hydrogen-bond donors (Lipinski definition) is 2. The number of aryl methyl sites for hydroxylation is 1. The van der Waals surface area contributed by atoms with Crippen LogP contribution in [0.3, 0.4) is 0 Å². The van der Waals surface area contributed by atoms with Crippen LogP contribution in [0, 0.1) is 12.7 Å². The van der Waals surface area contributed by atoms with Crippen LogP contribution >= 0.6 is 0 Å². The predicted octanol–water partition coefficient (Wildman–Crippen LogP) is 6.45. The van der Waals surface area contributed by atoms with Crippen LogP contribution in [0.15, 0.2) is 78.0 Å². The fourth-order valence-electron chi connectivity index (χ4n) is 4.11. The molecule has 0 amide bonds. The molecule has 33 heavy (non-hydrogen) atoms. The lowest BCUT2D eigenvalue weighted by Crippen LogP contribution is -2.12. The maximum absolute atomic E-state index is 14.3. The zero-order chi connectivity index (χ0) is 23.8. The van der Waals surface area contributed by atoms with Gasteiger partial charge < -0.3 is 10.3 Å². The first-order valence-electron chi connectivity index (χ1n) is 10.6. The van der Waals surface area contributed by atoms with Crippen molar-refractivity contribution in [1.29, 1.82) is 0 Å². The number of carbonyl (C=O) groups is 1. The molecular weight excluding hydrogens is 417 g/mol. The van der Waals surface area contributed by atoms with E-state index in [2.05, 4.69) is 56.3 Å². The minimum Gasteiger partial charge on any atom is -0.478 e. The highest BCUT2D eigenvalue weighted by Crippen LogP contribution is 2.43. The Balaban J connectivity index is 1.66. The molecule has 0 aliphatic heterocycles. The second kappa shape index (κ2) is 8.51. The van der Waals surface area contributed by atoms with Crippen molar-refractivity contribution in [2.24, 2.45) is 5.16 Å². The van der Waals surface area contributed by atoms with Gasteiger partial charge in [0.1, 0.15) is 11.5 Å². The number of aromatic carboxylic acids is 1. The highest BCUT2D eigenvalue weighted by molar-refractivity contribution is 6.11. The van der Waals surface area contributed by atoms with Crippen molar-refractivity contribution in [2.45, 2.75) is 26.2 Å². The molecule has 166 valence electrons. The summed E-state index contributed by atoms with van der Waals surface area (Å²) in [5, 5.41) is 22.0. The number of nitrogens with zero attached hydrogens (tertiary/aromatic N) is 1. The fourth-order valence-corrected chi connectivity index (χ4v) is 4.11. The molecule has 3 aromatic carbocycles. The smallest absolute Gasteiger partial charge is 0.335 e. The summed E-state index contributed by atoms with van der Waals surface area (Å²) in [6, 6.07) is 18.0. The van der Waals surface area contributed by atoms with E-state index in [4.69, 9.17) is 5.11 Å². The Morgan fingerprint density at radius 3 is 2.33 bits per heavy atom. The molecule has 2 N–H and O–H groups in total. The van der Waals surface area contributed by atoms with Gasteiger partial charge in [0.05, 0.1) is 5.56 Å². The van der Waals surface area contributed by atoms with Gasteiger partial charge in [0.15, 0.2) is 0 Å². The number of carboxylic acids is 1. The van der Waals surface area contributed by atoms with Gasteiger partial charge in [-0.1, -0.05) is 73.1 Å². The largest absolute Gasteiger partial charge is 0.478 e. The van der Waals surface area contributed by atoms with E-state index in [0.29, 0.717) is 5.56 Å². The van der Waals surface area contributed by atoms with Crippen LogP contribution in [0.2, 0.25) is 0 Å². The topological polar surface area (TPSA) is 69.9 Å². The average Bonchev–Trinajstić information content (AvgIpc) is 3.06. The van der Waals surface area contributed by atoms with E-state index >= 15 is 0 Å². The van der Waals surface area contributed by atoms with E-state index in [1.54, 1.807) is 0 Å². The summed E-state index contributed by atoms with van der Waals surface area (Å²) in [5.41, 5.74) is 6.60. The van der Waals surface area contributed by atoms with Gasteiger partial charge in [-0.3, -0.25) is 0 Å². The highest BCUT2D eigenvalue weighted by Gasteiger charge is 2.30. The molecule has 4 rings (SSSR count). The molecule has 0 bridgehead atoms. The van der Waals surface area contributed by atoms with Gasteiger partial charge in [-0.25, -0.2) is 9.18 Å². The summed E-state index contributed by atoms with van der Waals surface area (Å²) in [6.45, 7) is 6.34. The summed E-state index contributed by atoms with van der Waals surface area (Å²) in [5.74, 6) is -1.85. The van der Waals surface area contributed by atoms with Crippen molar-refractivity contribution in [3.05, 3.63) is 118 Å². The van der Waals surface area contributed by atoms with Gasteiger partial charge in [0.25, 0.3) is 0 Å². The van der Waals surface area contributed by atoms with Crippen molar-refractivity contribution in [3.63, 3.8) is 0 Å². The second-order valence-corrected chi connectivity index (χ2v) is 8.77. The molecule has 1 aliphatic carbocycles. The monoisotopic (exact) mass is 441 g/mol. The van der Waals surface area contributed by atoms with Crippen LogP contribution in [-0.2, 0) is 5.41 Å². The average molecular weight is 442 g/mol. The molecule has 1 aliphatic rings. The lowest BCUT2D eigenvalue weighted by atomic mass is 9.85. The first-order chi connectivity index (χ1) is 15.7. The van der Waals surface area contributed by atoms with Crippen LogP contribution in [-0.4, -0.2) is 22.0 Å². The van der Waals surface area contributed by atoms with Crippen LogP contribution in [0.1, 0.15) is 57.6 Å². The van der Waals surface area contributed by atoms with Crippen LogP contribution in [0.25, 0.3) is 11.6 Å². The Labute approximate surface area is 192 Å². The molecule has 0 aromatic heterocycles. The summed E-state index contributed by atoms with van der Waals surface area (Å²) in [7, 11) is 0. The van der Waals surface area contributed by atoms with Crippen molar-refractivity contribution in [2.75, 3.05) is 0 Å². The third-order valence-corrected chi connectivity index (χ3v) is 5.94. The summed E-state index contributed by atoms with van der Waals surface area (Å²) < 4.78 is 14.3. The van der Waals surface area contributed by atoms with Gasteiger partial charge in [-0.2, -0.15) is 0 Å². The second-order valence-electron chi connectivity index (χ2n) is 8.77. The molecule has 0 saturated heterocycles. The normalized spacial score (nSPS) is 14.9. The molecule has 0 heterocycles. The minimum absolute atomic E-state index is 0.126. The van der Waals surface area contributed by atoms with Gasteiger partial charge >= 0.3 is 5.97 Å². The number of allylic oxidation sites excluding steroid dienone is 2. The maximum Gasteiger partial charge on any atom is 0.335 e. The van der Waals surface area contributed by atoms with Crippen molar-refractivity contribution in [1.82, 2.24) is 0 Å². The quantitative estimate of drug-likeness (QED) is 0.272. The third kappa shape index (κ3) is 4.35. The van der Waals surface area contributed by atoms with E-state index in [1.165, 1.54) is 35.4 Å². The minimum atomic E-state index is -1.19. The van der Waals surface area contributed by atoms with E-state index in [-0.39, 0.29) is 22.3 Å². The summed E-state index contributed by atoms with van der Waals surface area (Å²) in [4.78, 5) is 11.0. The lowest BCUT2D eigenvalue weighted by molar-refractivity contribution is 0.0696. The molecule has 0 spiro atoms. The first-order valence-corrected chi connectivity index (χ1v) is 10.6. The standard InChI is InChI=1S/C28H24FNO3/c1-17-4-6-18(7-5-17)23-16-28(2,3)24-14-20(10-12-22(23)24)26(30-33)13-11-19-8-9-21(27(31)32)15-25(19)29/h4-16,33H,1-3H3,(H,31,32)/b13-11-,30-26?. The van der Waals surface area contributed by atoms with Crippen LogP contribution < -0.4 is 0 Å². The van der Waals surface area contributed by atoms with Gasteiger partial charge in [0.2, 0.25) is 0 Å². The Bertz CT molecular complexity index is 1330. The molecule has 0 atom stereocenters. The van der Waals surface area contributed by atoms with Crippen molar-refractivity contribution in [3.8, 4) is 0 Å². The molecule has 0 unspecified atom stereocenters. The number of halogens is 1. The number of carboxylic acid groups (broad SMARTS) is 1. The van der Waals surface area contributed by atoms with E-state index in [1.807, 2.05) is 18.2 Å². The van der Waals surface area contributed by atoms with Gasteiger partial charge in [0, 0.05) is 16.5 Å². The number of oxime groups is 1. The zero-order valence-electron chi connectivity index (χ0n) is 18.6. The van der Waals surface area contributed by atoms with Crippen molar-refractivity contribution >= 4 is 23.3 Å². The number of rotatable bonds is 5. The molecule has 0 fully saturated rings. The SMILES string of the molecule is Cc1ccc(C2=CC(C)(C)c3cc(C(/C=C\c4ccc(C(=O)O)cc4F)=NO)ccc32)cc1. The zero-order valence-corrected chi connectivity index (χ0v) is 18.6. The Hall–Kier alpha value is -3.99. The Kier molecular flexibility index (Phi) is 5.73. The maximum atomic E-state index is 14.3. The highest BCUT2D eigenvalue weighted by atomic mass is 19.1. The predicted molar refractivity (Wildman–Crippen MR) is 128 cm³/mol. The number of fused-ring (bicyclic) bond motifs is 1. The number of hydrogen-bond acceptors (Lipinski definition) is 3. The van der Waals surface area contributed by atoms with E-state index < -0.39 is 11.8 Å². The van der Waals surface area contributed by atoms with Crippen LogP contribution in [0.5, 0.6) is 0 Å². The van der Waals surface area contributed by atoms with E-state index in [9.17, 15) is 14.4 Å². The van der Waals surface area contributed by atoms with Crippen molar-refractivity contribution < 1.29 is 19.5 Å². The molecular formula is C28H24FNO3. The third-order valence-electron chi connectivity index (χ3n) is 5.94. The molecule has 4 nitrogen and oxygen atoms in total.